The first kappa shape index (κ1) is 25.2. The number of sulfonamides is 1. The first-order chi connectivity index (χ1) is 15.1. The van der Waals surface area contributed by atoms with Crippen LogP contribution in [-0.2, 0) is 32.6 Å². The minimum absolute atomic E-state index is 0.143. The van der Waals surface area contributed by atoms with E-state index in [9.17, 15) is 18.0 Å². The Balaban J connectivity index is 2.40. The van der Waals surface area contributed by atoms with E-state index in [0.717, 1.165) is 21.7 Å². The molecular weight excluding hydrogens is 430 g/mol. The topological polar surface area (TPSA) is 96.0 Å². The molecule has 0 saturated carbocycles. The Morgan fingerprint density at radius 3 is 2.25 bits per heavy atom. The third-order valence-electron chi connectivity index (χ3n) is 5.25. The van der Waals surface area contributed by atoms with Crippen LogP contribution in [0.2, 0.25) is 0 Å². The van der Waals surface area contributed by atoms with Gasteiger partial charge in [-0.15, -0.1) is 0 Å². The van der Waals surface area contributed by atoms with Gasteiger partial charge in [-0.05, 0) is 42.7 Å². The summed E-state index contributed by atoms with van der Waals surface area (Å²) in [5.41, 5.74) is 2.06. The van der Waals surface area contributed by atoms with E-state index in [2.05, 4.69) is 5.32 Å². The molecule has 0 radical (unpaired) electrons. The molecule has 32 heavy (non-hydrogen) atoms. The van der Waals surface area contributed by atoms with E-state index < -0.39 is 28.5 Å². The van der Waals surface area contributed by atoms with E-state index in [1.165, 1.54) is 11.9 Å². The molecule has 9 heteroatoms. The van der Waals surface area contributed by atoms with Crippen LogP contribution in [0.1, 0.15) is 25.0 Å². The lowest BCUT2D eigenvalue weighted by molar-refractivity contribution is -0.139. The number of amides is 2. The molecule has 0 saturated heterocycles. The number of aryl methyl sites for hydroxylation is 1. The van der Waals surface area contributed by atoms with Gasteiger partial charge in [0.1, 0.15) is 18.3 Å². The maximum atomic E-state index is 13.4. The van der Waals surface area contributed by atoms with E-state index in [-0.39, 0.29) is 12.5 Å². The normalized spacial score (nSPS) is 12.0. The molecule has 0 aliphatic carbocycles. The van der Waals surface area contributed by atoms with Gasteiger partial charge in [0.05, 0.1) is 19.1 Å². The number of nitrogens with zero attached hydrogens (tertiary/aromatic N) is 2. The first-order valence-electron chi connectivity index (χ1n) is 10.3. The second kappa shape index (κ2) is 11.0. The highest BCUT2D eigenvalue weighted by molar-refractivity contribution is 7.92. The Bertz CT molecular complexity index is 1040. The van der Waals surface area contributed by atoms with Crippen LogP contribution in [0.15, 0.2) is 48.5 Å². The van der Waals surface area contributed by atoms with Gasteiger partial charge in [0.25, 0.3) is 0 Å². The van der Waals surface area contributed by atoms with Gasteiger partial charge < -0.3 is 15.0 Å². The van der Waals surface area contributed by atoms with Crippen molar-refractivity contribution >= 4 is 27.5 Å². The minimum atomic E-state index is -3.74. The molecule has 1 unspecified atom stereocenters. The van der Waals surface area contributed by atoms with Gasteiger partial charge in [-0.25, -0.2) is 8.42 Å². The molecule has 0 heterocycles. The van der Waals surface area contributed by atoms with Gasteiger partial charge in [-0.1, -0.05) is 37.3 Å². The number of carbonyl (C=O) groups excluding carboxylic acids is 2. The molecule has 0 fully saturated rings. The summed E-state index contributed by atoms with van der Waals surface area (Å²) < 4.78 is 31.5. The van der Waals surface area contributed by atoms with E-state index in [4.69, 9.17) is 4.74 Å². The van der Waals surface area contributed by atoms with Gasteiger partial charge in [-0.3, -0.25) is 13.9 Å². The molecule has 0 aromatic heterocycles. The second-order valence-corrected chi connectivity index (χ2v) is 9.32. The summed E-state index contributed by atoms with van der Waals surface area (Å²) >= 11 is 0. The number of rotatable bonds is 10. The zero-order valence-corrected chi connectivity index (χ0v) is 20.0. The van der Waals surface area contributed by atoms with Crippen LogP contribution >= 0.6 is 0 Å². The summed E-state index contributed by atoms with van der Waals surface area (Å²) in [7, 11) is -0.687. The Hall–Kier alpha value is -3.07. The summed E-state index contributed by atoms with van der Waals surface area (Å²) in [5, 5.41) is 2.55. The molecular formula is C23H31N3O5S. The van der Waals surface area contributed by atoms with E-state index in [1.54, 1.807) is 50.4 Å². The zero-order chi connectivity index (χ0) is 23.9. The Labute approximate surface area is 190 Å². The summed E-state index contributed by atoms with van der Waals surface area (Å²) in [5.74, 6) is -0.148. The van der Waals surface area contributed by atoms with Crippen molar-refractivity contribution in [2.75, 3.05) is 31.3 Å². The molecule has 1 N–H and O–H groups in total. The third kappa shape index (κ3) is 6.23. The highest BCUT2D eigenvalue weighted by Crippen LogP contribution is 2.24. The largest absolute Gasteiger partial charge is 0.497 e. The van der Waals surface area contributed by atoms with Crippen molar-refractivity contribution in [1.29, 1.82) is 0 Å². The summed E-state index contributed by atoms with van der Waals surface area (Å²) in [6, 6.07) is 13.4. The van der Waals surface area contributed by atoms with Crippen LogP contribution in [0.4, 0.5) is 5.69 Å². The Morgan fingerprint density at radius 1 is 1.09 bits per heavy atom. The van der Waals surface area contributed by atoms with E-state index in [1.807, 2.05) is 19.1 Å². The number of likely N-dealkylation sites (N-methyl/N-ethyl adjacent to an activating group) is 1. The predicted octanol–water partition coefficient (Wildman–Crippen LogP) is 2.19. The Kier molecular flexibility index (Phi) is 8.65. The average molecular weight is 462 g/mol. The van der Waals surface area contributed by atoms with Crippen molar-refractivity contribution in [3.05, 3.63) is 59.7 Å². The van der Waals surface area contributed by atoms with E-state index in [0.29, 0.717) is 17.9 Å². The van der Waals surface area contributed by atoms with E-state index >= 15 is 0 Å². The number of nitrogens with one attached hydrogen (secondary N) is 1. The SMILES string of the molecule is CCc1ccccc1N(CC(=O)N(Cc1ccc(OC)cc1)C(C)C(=O)NC)S(C)(=O)=O. The van der Waals surface area contributed by atoms with Gasteiger partial charge in [-0.2, -0.15) is 0 Å². The molecule has 0 aliphatic rings. The molecule has 2 aromatic carbocycles. The standard InChI is InChI=1S/C23H31N3O5S/c1-6-19-9-7-8-10-21(19)26(32(5,29)30)16-22(27)25(17(2)23(28)24-3)15-18-11-13-20(31-4)14-12-18/h7-14,17H,6,15-16H2,1-5H3,(H,24,28). The predicted molar refractivity (Wildman–Crippen MR) is 125 cm³/mol. The van der Waals surface area contributed by atoms with Crippen LogP contribution < -0.4 is 14.4 Å². The van der Waals surface area contributed by atoms with Crippen molar-refractivity contribution in [2.24, 2.45) is 0 Å². The monoisotopic (exact) mass is 461 g/mol. The van der Waals surface area contributed by atoms with Crippen molar-refractivity contribution in [1.82, 2.24) is 10.2 Å². The fourth-order valence-electron chi connectivity index (χ4n) is 3.37. The van der Waals surface area contributed by atoms with Gasteiger partial charge in [0.15, 0.2) is 0 Å². The Morgan fingerprint density at radius 2 is 1.72 bits per heavy atom. The fraction of sp³-hybridized carbons (Fsp3) is 0.391. The maximum Gasteiger partial charge on any atom is 0.244 e. The average Bonchev–Trinajstić information content (AvgIpc) is 2.79. The summed E-state index contributed by atoms with van der Waals surface area (Å²) in [6.45, 7) is 3.27. The molecule has 2 aromatic rings. The van der Waals surface area contributed by atoms with Crippen molar-refractivity contribution < 1.29 is 22.7 Å². The van der Waals surface area contributed by atoms with Crippen LogP contribution in [0, 0.1) is 0 Å². The zero-order valence-electron chi connectivity index (χ0n) is 19.2. The number of hydrogen-bond donors (Lipinski definition) is 1. The third-order valence-corrected chi connectivity index (χ3v) is 6.37. The number of hydrogen-bond acceptors (Lipinski definition) is 5. The van der Waals surface area contributed by atoms with Crippen molar-refractivity contribution in [3.8, 4) is 5.75 Å². The molecule has 1 atom stereocenters. The molecule has 2 amide bonds. The molecule has 0 aliphatic heterocycles. The van der Waals surface area contributed by atoms with Crippen molar-refractivity contribution in [3.63, 3.8) is 0 Å². The maximum absolute atomic E-state index is 13.4. The molecule has 0 bridgehead atoms. The summed E-state index contributed by atoms with van der Waals surface area (Å²) in [4.78, 5) is 27.1. The number of methoxy groups -OCH3 is 1. The molecule has 174 valence electrons. The summed E-state index contributed by atoms with van der Waals surface area (Å²) in [6.07, 6.45) is 1.68. The molecule has 8 nitrogen and oxygen atoms in total. The number of ether oxygens (including phenoxy) is 1. The number of anilines is 1. The van der Waals surface area contributed by atoms with Gasteiger partial charge in [0.2, 0.25) is 21.8 Å². The highest BCUT2D eigenvalue weighted by Gasteiger charge is 2.30. The van der Waals surface area contributed by atoms with Gasteiger partial charge >= 0.3 is 0 Å². The number of carbonyl (C=O) groups is 2. The van der Waals surface area contributed by atoms with Crippen LogP contribution in [0.3, 0.4) is 0 Å². The van der Waals surface area contributed by atoms with Crippen LogP contribution in [0.5, 0.6) is 5.75 Å². The smallest absolute Gasteiger partial charge is 0.244 e. The molecule has 2 rings (SSSR count). The fourth-order valence-corrected chi connectivity index (χ4v) is 4.25. The van der Waals surface area contributed by atoms with Crippen LogP contribution in [0.25, 0.3) is 0 Å². The lowest BCUT2D eigenvalue weighted by Gasteiger charge is -2.31. The second-order valence-electron chi connectivity index (χ2n) is 7.41. The highest BCUT2D eigenvalue weighted by atomic mass is 32.2. The lowest BCUT2D eigenvalue weighted by atomic mass is 10.1. The quantitative estimate of drug-likeness (QED) is 0.585. The number of para-hydroxylation sites is 1. The van der Waals surface area contributed by atoms with Crippen molar-refractivity contribution in [2.45, 2.75) is 32.9 Å². The minimum Gasteiger partial charge on any atom is -0.497 e. The first-order valence-corrected chi connectivity index (χ1v) is 12.2. The number of benzene rings is 2. The van der Waals surface area contributed by atoms with Gasteiger partial charge in [0, 0.05) is 13.6 Å². The van der Waals surface area contributed by atoms with Crippen LogP contribution in [-0.4, -0.2) is 58.1 Å². The molecule has 0 spiro atoms. The lowest BCUT2D eigenvalue weighted by Crippen LogP contribution is -2.50.